The van der Waals surface area contributed by atoms with Gasteiger partial charge in [0.2, 0.25) is 0 Å². The van der Waals surface area contributed by atoms with Crippen LogP contribution in [0.2, 0.25) is 0 Å². The molecule has 0 radical (unpaired) electrons. The summed E-state index contributed by atoms with van der Waals surface area (Å²) in [7, 11) is 0. The first-order chi connectivity index (χ1) is 9.52. The van der Waals surface area contributed by atoms with E-state index in [1.54, 1.807) is 0 Å². The van der Waals surface area contributed by atoms with Crippen LogP contribution in [0.4, 0.5) is 0 Å². The standard InChI is InChI=1S/C15H26O5/c1-8(2)5-11-16-7-10-13(18-11)14-15(17-10)20-12(19-14)6-9(3)4/h8-15H,5-7H2,1-4H3/t10-,11?,12?,13+,14-,15-/m1/s1. The molecule has 0 aromatic heterocycles. The summed E-state index contributed by atoms with van der Waals surface area (Å²) in [5, 5.41) is 0. The summed E-state index contributed by atoms with van der Waals surface area (Å²) >= 11 is 0. The second-order valence-corrected chi connectivity index (χ2v) is 6.83. The van der Waals surface area contributed by atoms with E-state index in [2.05, 4.69) is 27.7 Å². The van der Waals surface area contributed by atoms with E-state index in [9.17, 15) is 0 Å². The summed E-state index contributed by atoms with van der Waals surface area (Å²) in [6.45, 7) is 9.22. The lowest BCUT2D eigenvalue weighted by Crippen LogP contribution is -2.46. The summed E-state index contributed by atoms with van der Waals surface area (Å²) in [6.07, 6.45) is 0.948. The maximum Gasteiger partial charge on any atom is 0.190 e. The van der Waals surface area contributed by atoms with Crippen molar-refractivity contribution in [3.05, 3.63) is 0 Å². The van der Waals surface area contributed by atoms with Crippen LogP contribution in [-0.4, -0.2) is 43.8 Å². The summed E-state index contributed by atoms with van der Waals surface area (Å²) < 4.78 is 29.4. The molecule has 116 valence electrons. The highest BCUT2D eigenvalue weighted by molar-refractivity contribution is 4.94. The highest BCUT2D eigenvalue weighted by Crippen LogP contribution is 2.38. The van der Waals surface area contributed by atoms with E-state index in [1.165, 1.54) is 0 Å². The zero-order chi connectivity index (χ0) is 14.3. The molecular formula is C15H26O5. The molecule has 0 spiro atoms. The van der Waals surface area contributed by atoms with Crippen LogP contribution in [0.5, 0.6) is 0 Å². The van der Waals surface area contributed by atoms with Crippen LogP contribution in [-0.2, 0) is 23.7 Å². The summed E-state index contributed by atoms with van der Waals surface area (Å²) in [5.41, 5.74) is 0. The molecule has 3 aliphatic heterocycles. The molecule has 3 rings (SSSR count). The number of fused-ring (bicyclic) bond motifs is 3. The van der Waals surface area contributed by atoms with E-state index in [0.29, 0.717) is 18.4 Å². The van der Waals surface area contributed by atoms with E-state index >= 15 is 0 Å². The van der Waals surface area contributed by atoms with E-state index < -0.39 is 0 Å². The lowest BCUT2D eigenvalue weighted by Gasteiger charge is -2.34. The molecule has 5 nitrogen and oxygen atoms in total. The molecule has 20 heavy (non-hydrogen) atoms. The monoisotopic (exact) mass is 286 g/mol. The molecule has 0 amide bonds. The van der Waals surface area contributed by atoms with Crippen LogP contribution in [0.3, 0.4) is 0 Å². The van der Waals surface area contributed by atoms with Crippen LogP contribution < -0.4 is 0 Å². The lowest BCUT2D eigenvalue weighted by molar-refractivity contribution is -0.273. The molecule has 0 bridgehead atoms. The fourth-order valence-corrected chi connectivity index (χ4v) is 3.02. The second-order valence-electron chi connectivity index (χ2n) is 6.83. The van der Waals surface area contributed by atoms with Crippen LogP contribution in [0.25, 0.3) is 0 Å². The van der Waals surface area contributed by atoms with Crippen LogP contribution in [0.1, 0.15) is 40.5 Å². The summed E-state index contributed by atoms with van der Waals surface area (Å²) in [5.74, 6) is 1.09. The van der Waals surface area contributed by atoms with Crippen molar-refractivity contribution in [3.63, 3.8) is 0 Å². The van der Waals surface area contributed by atoms with Crippen molar-refractivity contribution in [2.45, 2.75) is 77.7 Å². The zero-order valence-corrected chi connectivity index (χ0v) is 12.8. The normalized spacial score (nSPS) is 44.1. The Labute approximate surface area is 120 Å². The predicted molar refractivity (Wildman–Crippen MR) is 71.9 cm³/mol. The van der Waals surface area contributed by atoms with Gasteiger partial charge < -0.3 is 23.7 Å². The fraction of sp³-hybridized carbons (Fsp3) is 1.00. The van der Waals surface area contributed by atoms with E-state index in [-0.39, 0.29) is 37.2 Å². The first kappa shape index (κ1) is 14.7. The quantitative estimate of drug-likeness (QED) is 0.793. The number of hydrogen-bond donors (Lipinski definition) is 0. The molecule has 3 aliphatic rings. The minimum atomic E-state index is -0.296. The van der Waals surface area contributed by atoms with Gasteiger partial charge in [-0.1, -0.05) is 27.7 Å². The van der Waals surface area contributed by atoms with Gasteiger partial charge in [-0.3, -0.25) is 0 Å². The summed E-state index contributed by atoms with van der Waals surface area (Å²) in [6, 6.07) is 0. The minimum Gasteiger partial charge on any atom is -0.350 e. The van der Waals surface area contributed by atoms with Gasteiger partial charge in [0.25, 0.3) is 0 Å². The van der Waals surface area contributed by atoms with Gasteiger partial charge in [-0.15, -0.1) is 0 Å². The maximum absolute atomic E-state index is 6.04. The van der Waals surface area contributed by atoms with Gasteiger partial charge in [0.05, 0.1) is 6.61 Å². The highest BCUT2D eigenvalue weighted by Gasteiger charge is 2.55. The molecular weight excluding hydrogens is 260 g/mol. The number of rotatable bonds is 4. The molecule has 3 saturated heterocycles. The first-order valence-corrected chi connectivity index (χ1v) is 7.76. The molecule has 3 heterocycles. The smallest absolute Gasteiger partial charge is 0.190 e. The van der Waals surface area contributed by atoms with Gasteiger partial charge in [-0.2, -0.15) is 0 Å². The van der Waals surface area contributed by atoms with Crippen molar-refractivity contribution in [3.8, 4) is 0 Å². The molecule has 0 N–H and O–H groups in total. The molecule has 0 aromatic rings. The topological polar surface area (TPSA) is 46.2 Å². The van der Waals surface area contributed by atoms with Crippen LogP contribution >= 0.6 is 0 Å². The van der Waals surface area contributed by atoms with Gasteiger partial charge in [0, 0.05) is 12.8 Å². The molecule has 3 fully saturated rings. The molecule has 0 saturated carbocycles. The van der Waals surface area contributed by atoms with E-state index in [4.69, 9.17) is 23.7 Å². The fourth-order valence-electron chi connectivity index (χ4n) is 3.02. The van der Waals surface area contributed by atoms with Gasteiger partial charge >= 0.3 is 0 Å². The first-order valence-electron chi connectivity index (χ1n) is 7.76. The average molecular weight is 286 g/mol. The van der Waals surface area contributed by atoms with Gasteiger partial charge in [0.15, 0.2) is 18.9 Å². The number of hydrogen-bond acceptors (Lipinski definition) is 5. The number of ether oxygens (including phenoxy) is 5. The molecule has 2 unspecified atom stereocenters. The van der Waals surface area contributed by atoms with Crippen molar-refractivity contribution >= 4 is 0 Å². The van der Waals surface area contributed by atoms with Crippen LogP contribution in [0.15, 0.2) is 0 Å². The van der Waals surface area contributed by atoms with Gasteiger partial charge in [-0.05, 0) is 11.8 Å². The van der Waals surface area contributed by atoms with Crippen molar-refractivity contribution < 1.29 is 23.7 Å². The third-order valence-corrected chi connectivity index (χ3v) is 3.95. The molecule has 5 heteroatoms. The van der Waals surface area contributed by atoms with Gasteiger partial charge in [0.1, 0.15) is 18.3 Å². The Balaban J connectivity index is 1.58. The van der Waals surface area contributed by atoms with Crippen LogP contribution in [0, 0.1) is 11.8 Å². The largest absolute Gasteiger partial charge is 0.350 e. The third-order valence-electron chi connectivity index (χ3n) is 3.95. The molecule has 0 aromatic carbocycles. The minimum absolute atomic E-state index is 0.0605. The van der Waals surface area contributed by atoms with Crippen molar-refractivity contribution in [1.82, 2.24) is 0 Å². The van der Waals surface area contributed by atoms with Crippen molar-refractivity contribution in [2.24, 2.45) is 11.8 Å². The van der Waals surface area contributed by atoms with Gasteiger partial charge in [-0.25, -0.2) is 0 Å². The molecule has 0 aliphatic carbocycles. The van der Waals surface area contributed by atoms with Crippen molar-refractivity contribution in [1.29, 1.82) is 0 Å². The highest BCUT2D eigenvalue weighted by atomic mass is 16.8. The Morgan fingerprint density at radius 3 is 2.15 bits per heavy atom. The zero-order valence-electron chi connectivity index (χ0n) is 12.8. The Bertz CT molecular complexity index is 332. The third kappa shape index (κ3) is 3.02. The van der Waals surface area contributed by atoms with E-state index in [0.717, 1.165) is 12.8 Å². The summed E-state index contributed by atoms with van der Waals surface area (Å²) in [4.78, 5) is 0. The predicted octanol–water partition coefficient (Wildman–Crippen LogP) is 2.29. The van der Waals surface area contributed by atoms with E-state index in [1.807, 2.05) is 0 Å². The lowest BCUT2D eigenvalue weighted by atomic mass is 10.1. The van der Waals surface area contributed by atoms with Crippen molar-refractivity contribution in [2.75, 3.05) is 6.61 Å². The Hall–Kier alpha value is -0.200. The average Bonchev–Trinajstić information content (AvgIpc) is 2.85. The maximum atomic E-state index is 6.04. The SMILES string of the molecule is CC(C)CC1OC[C@H]2O[C@@H]3OC(CC(C)C)O[C@@H]3[C@H]2O1. The Kier molecular flexibility index (Phi) is 4.34. The molecule has 6 atom stereocenters. The Morgan fingerprint density at radius 2 is 1.45 bits per heavy atom. The Morgan fingerprint density at radius 1 is 0.800 bits per heavy atom. The second kappa shape index (κ2) is 5.89.